The number of aliphatic imine (C=N–C) groups is 1. The van der Waals surface area contributed by atoms with Crippen LogP contribution in [0.2, 0.25) is 0 Å². The Morgan fingerprint density at radius 3 is 2.46 bits per heavy atom. The summed E-state index contributed by atoms with van der Waals surface area (Å²) in [5, 5.41) is 3.07. The Morgan fingerprint density at radius 2 is 1.81 bits per heavy atom. The van der Waals surface area contributed by atoms with Gasteiger partial charge in [-0.25, -0.2) is 4.99 Å². The van der Waals surface area contributed by atoms with Crippen LogP contribution in [0.25, 0.3) is 0 Å². The van der Waals surface area contributed by atoms with Gasteiger partial charge in [-0.1, -0.05) is 24.3 Å². The first kappa shape index (κ1) is 22.1. The van der Waals surface area contributed by atoms with Crippen LogP contribution in [0.4, 0.5) is 5.69 Å². The van der Waals surface area contributed by atoms with Crippen LogP contribution in [-0.2, 0) is 6.54 Å². The topological polar surface area (TPSA) is 68.9 Å². The number of benzene rings is 2. The standard InChI is InChI=1S/C20H27N3O2.HI/c1-14-10-11-15(18(12-14)25-20(2,3)4)13-22-19(21)23-16-8-6-7-9-17(16)24-5;/h6-12H,13H2,1-5H3,(H3,21,22,23);1H. The predicted molar refractivity (Wildman–Crippen MR) is 119 cm³/mol. The maximum atomic E-state index is 6.05. The number of nitrogens with zero attached hydrogens (tertiary/aromatic N) is 1. The molecule has 2 aromatic carbocycles. The maximum Gasteiger partial charge on any atom is 0.193 e. The summed E-state index contributed by atoms with van der Waals surface area (Å²) in [4.78, 5) is 4.43. The summed E-state index contributed by atoms with van der Waals surface area (Å²) in [5.41, 5.74) is 8.67. The highest BCUT2D eigenvalue weighted by molar-refractivity contribution is 14.0. The Kier molecular flexibility index (Phi) is 8.20. The van der Waals surface area contributed by atoms with Crippen molar-refractivity contribution in [3.63, 3.8) is 0 Å². The van der Waals surface area contributed by atoms with Crippen LogP contribution in [0, 0.1) is 6.92 Å². The van der Waals surface area contributed by atoms with E-state index in [2.05, 4.69) is 10.3 Å². The summed E-state index contributed by atoms with van der Waals surface area (Å²) in [6, 6.07) is 13.7. The highest BCUT2D eigenvalue weighted by Gasteiger charge is 2.14. The van der Waals surface area contributed by atoms with Gasteiger partial charge in [0.25, 0.3) is 0 Å². The number of hydrogen-bond donors (Lipinski definition) is 2. The number of ether oxygens (including phenoxy) is 2. The molecule has 0 fully saturated rings. The van der Waals surface area contributed by atoms with Crippen molar-refractivity contribution in [1.29, 1.82) is 0 Å². The van der Waals surface area contributed by atoms with Gasteiger partial charge in [0.15, 0.2) is 5.96 Å². The van der Waals surface area contributed by atoms with Crippen molar-refractivity contribution >= 4 is 35.6 Å². The van der Waals surface area contributed by atoms with Gasteiger partial charge in [0.1, 0.15) is 17.1 Å². The fourth-order valence-electron chi connectivity index (χ4n) is 2.31. The van der Waals surface area contributed by atoms with Gasteiger partial charge in [0, 0.05) is 5.56 Å². The molecule has 0 amide bonds. The molecule has 0 aliphatic carbocycles. The van der Waals surface area contributed by atoms with E-state index in [1.807, 2.05) is 70.2 Å². The predicted octanol–water partition coefficient (Wildman–Crippen LogP) is 4.73. The number of nitrogens with one attached hydrogen (secondary N) is 1. The molecule has 0 spiro atoms. The minimum atomic E-state index is -0.270. The van der Waals surface area contributed by atoms with E-state index in [4.69, 9.17) is 15.2 Å². The number of hydrogen-bond acceptors (Lipinski definition) is 3. The Morgan fingerprint density at radius 1 is 1.12 bits per heavy atom. The lowest BCUT2D eigenvalue weighted by atomic mass is 10.1. The Bertz CT molecular complexity index is 755. The summed E-state index contributed by atoms with van der Waals surface area (Å²) in [6.45, 7) is 8.56. The number of methoxy groups -OCH3 is 1. The Labute approximate surface area is 173 Å². The van der Waals surface area contributed by atoms with Crippen molar-refractivity contribution in [2.24, 2.45) is 10.7 Å². The van der Waals surface area contributed by atoms with Gasteiger partial charge in [-0.05, 0) is 51.5 Å². The zero-order valence-electron chi connectivity index (χ0n) is 16.0. The number of nitrogens with two attached hydrogens (primary N) is 1. The quantitative estimate of drug-likeness (QED) is 0.378. The van der Waals surface area contributed by atoms with Crippen LogP contribution in [0.1, 0.15) is 31.9 Å². The zero-order chi connectivity index (χ0) is 18.4. The molecule has 5 nitrogen and oxygen atoms in total. The Hall–Kier alpha value is -1.96. The van der Waals surface area contributed by atoms with Crippen LogP contribution in [-0.4, -0.2) is 18.7 Å². The van der Waals surface area contributed by atoms with E-state index in [1.54, 1.807) is 7.11 Å². The van der Waals surface area contributed by atoms with Gasteiger partial charge in [-0.2, -0.15) is 0 Å². The lowest BCUT2D eigenvalue weighted by Gasteiger charge is -2.23. The van der Waals surface area contributed by atoms with Crippen LogP contribution in [0.5, 0.6) is 11.5 Å². The second-order valence-corrected chi connectivity index (χ2v) is 6.85. The van der Waals surface area contributed by atoms with Crippen molar-refractivity contribution < 1.29 is 9.47 Å². The van der Waals surface area contributed by atoms with Gasteiger partial charge in [-0.3, -0.25) is 0 Å². The number of halogens is 1. The molecule has 3 N–H and O–H groups in total. The zero-order valence-corrected chi connectivity index (χ0v) is 18.3. The van der Waals surface area contributed by atoms with Crippen molar-refractivity contribution in [2.45, 2.75) is 39.8 Å². The second-order valence-electron chi connectivity index (χ2n) is 6.85. The van der Waals surface area contributed by atoms with E-state index >= 15 is 0 Å². The Balaban J connectivity index is 0.00000338. The molecule has 0 atom stereocenters. The van der Waals surface area contributed by atoms with E-state index in [1.165, 1.54) is 0 Å². The SMILES string of the molecule is COc1ccccc1NC(N)=NCc1ccc(C)cc1OC(C)(C)C.I. The summed E-state index contributed by atoms with van der Waals surface area (Å²) >= 11 is 0. The number of guanidine groups is 1. The van der Waals surface area contributed by atoms with Crippen LogP contribution in [0.3, 0.4) is 0 Å². The van der Waals surface area contributed by atoms with Crippen LogP contribution >= 0.6 is 24.0 Å². The van der Waals surface area contributed by atoms with E-state index in [9.17, 15) is 0 Å². The first-order chi connectivity index (χ1) is 11.8. The molecular weight excluding hydrogens is 441 g/mol. The average molecular weight is 469 g/mol. The monoisotopic (exact) mass is 469 g/mol. The highest BCUT2D eigenvalue weighted by atomic mass is 127. The van der Waals surface area contributed by atoms with Crippen molar-refractivity contribution in [3.05, 3.63) is 53.6 Å². The summed E-state index contributed by atoms with van der Waals surface area (Å²) in [5.74, 6) is 1.88. The molecule has 0 saturated carbocycles. The number of anilines is 1. The van der Waals surface area contributed by atoms with E-state index in [0.717, 1.165) is 22.6 Å². The third-order valence-electron chi connectivity index (χ3n) is 3.43. The van der Waals surface area contributed by atoms with E-state index < -0.39 is 0 Å². The average Bonchev–Trinajstić information content (AvgIpc) is 2.53. The first-order valence-corrected chi connectivity index (χ1v) is 8.27. The smallest absolute Gasteiger partial charge is 0.193 e. The fourth-order valence-corrected chi connectivity index (χ4v) is 2.31. The summed E-state index contributed by atoms with van der Waals surface area (Å²) in [7, 11) is 1.62. The maximum absolute atomic E-state index is 6.05. The molecule has 0 saturated heterocycles. The molecule has 2 rings (SSSR count). The third-order valence-corrected chi connectivity index (χ3v) is 3.43. The van der Waals surface area contributed by atoms with Gasteiger partial charge in [0.2, 0.25) is 0 Å². The first-order valence-electron chi connectivity index (χ1n) is 8.27. The molecule has 0 aliphatic rings. The summed E-state index contributed by atoms with van der Waals surface area (Å²) in [6.07, 6.45) is 0. The van der Waals surface area contributed by atoms with Crippen molar-refractivity contribution in [3.8, 4) is 11.5 Å². The lowest BCUT2D eigenvalue weighted by molar-refractivity contribution is 0.129. The molecule has 0 unspecified atom stereocenters. The molecule has 6 heteroatoms. The van der Waals surface area contributed by atoms with Crippen LogP contribution < -0.4 is 20.5 Å². The summed E-state index contributed by atoms with van der Waals surface area (Å²) < 4.78 is 11.4. The van der Waals surface area contributed by atoms with Crippen LogP contribution in [0.15, 0.2) is 47.5 Å². The van der Waals surface area contributed by atoms with Gasteiger partial charge in [-0.15, -0.1) is 24.0 Å². The van der Waals surface area contributed by atoms with Gasteiger partial charge in [0.05, 0.1) is 19.3 Å². The second kappa shape index (κ2) is 9.66. The van der Waals surface area contributed by atoms with Gasteiger partial charge >= 0.3 is 0 Å². The largest absolute Gasteiger partial charge is 0.495 e. The minimum absolute atomic E-state index is 0. The van der Waals surface area contributed by atoms with E-state index in [-0.39, 0.29) is 29.6 Å². The molecule has 0 bridgehead atoms. The number of rotatable bonds is 5. The third kappa shape index (κ3) is 6.74. The van der Waals surface area contributed by atoms with Crippen molar-refractivity contribution in [1.82, 2.24) is 0 Å². The number of aryl methyl sites for hydroxylation is 1. The molecule has 26 heavy (non-hydrogen) atoms. The fraction of sp³-hybridized carbons (Fsp3) is 0.350. The molecule has 0 heterocycles. The molecule has 142 valence electrons. The molecule has 0 aliphatic heterocycles. The molecule has 0 radical (unpaired) electrons. The molecule has 2 aromatic rings. The number of para-hydroxylation sites is 2. The molecule has 0 aromatic heterocycles. The van der Waals surface area contributed by atoms with E-state index in [0.29, 0.717) is 18.3 Å². The normalized spacial score (nSPS) is 11.5. The lowest BCUT2D eigenvalue weighted by Crippen LogP contribution is -2.24. The molecular formula is C20H28IN3O2. The van der Waals surface area contributed by atoms with Crippen molar-refractivity contribution in [2.75, 3.05) is 12.4 Å². The highest BCUT2D eigenvalue weighted by Crippen LogP contribution is 2.26. The minimum Gasteiger partial charge on any atom is -0.495 e. The van der Waals surface area contributed by atoms with Gasteiger partial charge < -0.3 is 20.5 Å².